The van der Waals surface area contributed by atoms with Crippen molar-refractivity contribution in [2.75, 3.05) is 0 Å². The Morgan fingerprint density at radius 1 is 1.17 bits per heavy atom. The first-order chi connectivity index (χ1) is 5.90. The molecular formula is C11H11N. The molecule has 0 radical (unpaired) electrons. The van der Waals surface area contributed by atoms with Crippen LogP contribution >= 0.6 is 0 Å². The molecule has 1 aromatic carbocycles. The number of allylic oxidation sites excluding steroid dienone is 1. The molecule has 0 aliphatic carbocycles. The van der Waals surface area contributed by atoms with Crippen LogP contribution in [0.2, 0.25) is 0 Å². The average molecular weight is 157 g/mol. The van der Waals surface area contributed by atoms with Gasteiger partial charge < -0.3 is 4.57 Å². The van der Waals surface area contributed by atoms with E-state index in [0.717, 1.165) is 6.54 Å². The smallest absolute Gasteiger partial charge is 0.0398 e. The standard InChI is InChI=1S/C11H11N/c1-2-7-12-8-10-5-3-4-6-11(10)9-12/h2-6,8-9H,1,7H2. The van der Waals surface area contributed by atoms with Crippen LogP contribution in [0.3, 0.4) is 0 Å². The maximum absolute atomic E-state index is 3.71. The van der Waals surface area contributed by atoms with E-state index in [1.165, 1.54) is 10.8 Å². The van der Waals surface area contributed by atoms with E-state index in [2.05, 4.69) is 47.8 Å². The molecule has 0 unspecified atom stereocenters. The molecule has 0 bridgehead atoms. The van der Waals surface area contributed by atoms with Crippen LogP contribution in [0.25, 0.3) is 10.8 Å². The molecule has 0 saturated heterocycles. The van der Waals surface area contributed by atoms with Crippen molar-refractivity contribution in [3.63, 3.8) is 0 Å². The van der Waals surface area contributed by atoms with Gasteiger partial charge in [0.05, 0.1) is 0 Å². The summed E-state index contributed by atoms with van der Waals surface area (Å²) >= 11 is 0. The fraction of sp³-hybridized carbons (Fsp3) is 0.0909. The summed E-state index contributed by atoms with van der Waals surface area (Å²) in [4.78, 5) is 0. The molecule has 0 atom stereocenters. The maximum Gasteiger partial charge on any atom is 0.0398 e. The number of aromatic nitrogens is 1. The van der Waals surface area contributed by atoms with Gasteiger partial charge in [0, 0.05) is 18.9 Å². The molecule has 0 aliphatic rings. The Kier molecular flexibility index (Phi) is 1.71. The van der Waals surface area contributed by atoms with Crippen molar-refractivity contribution < 1.29 is 0 Å². The first-order valence-electron chi connectivity index (χ1n) is 4.05. The Balaban J connectivity index is 2.54. The highest BCUT2D eigenvalue weighted by Gasteiger charge is 1.94. The molecule has 1 heteroatoms. The molecule has 2 rings (SSSR count). The van der Waals surface area contributed by atoms with Crippen molar-refractivity contribution in [3.8, 4) is 0 Å². The fourth-order valence-electron chi connectivity index (χ4n) is 1.40. The van der Waals surface area contributed by atoms with Crippen molar-refractivity contribution in [3.05, 3.63) is 49.3 Å². The summed E-state index contributed by atoms with van der Waals surface area (Å²) in [5.74, 6) is 0. The van der Waals surface area contributed by atoms with E-state index in [1.54, 1.807) is 0 Å². The highest BCUT2D eigenvalue weighted by molar-refractivity contribution is 5.82. The fourth-order valence-corrected chi connectivity index (χ4v) is 1.40. The molecule has 0 saturated carbocycles. The van der Waals surface area contributed by atoms with Crippen LogP contribution < -0.4 is 0 Å². The maximum atomic E-state index is 3.71. The van der Waals surface area contributed by atoms with Gasteiger partial charge in [-0.3, -0.25) is 0 Å². The number of rotatable bonds is 2. The van der Waals surface area contributed by atoms with Crippen LogP contribution in [0.5, 0.6) is 0 Å². The van der Waals surface area contributed by atoms with E-state index in [-0.39, 0.29) is 0 Å². The third-order valence-corrected chi connectivity index (χ3v) is 1.95. The molecule has 1 nitrogen and oxygen atoms in total. The molecule has 2 aromatic rings. The summed E-state index contributed by atoms with van der Waals surface area (Å²) in [5, 5.41) is 2.58. The third-order valence-electron chi connectivity index (χ3n) is 1.95. The largest absolute Gasteiger partial charge is 0.349 e. The van der Waals surface area contributed by atoms with Gasteiger partial charge >= 0.3 is 0 Å². The Morgan fingerprint density at radius 3 is 2.25 bits per heavy atom. The molecule has 1 heterocycles. The highest BCUT2D eigenvalue weighted by atomic mass is 14.9. The van der Waals surface area contributed by atoms with Crippen LogP contribution in [0.4, 0.5) is 0 Å². The Labute approximate surface area is 71.9 Å². The van der Waals surface area contributed by atoms with Crippen molar-refractivity contribution in [1.82, 2.24) is 4.57 Å². The Morgan fingerprint density at radius 2 is 1.75 bits per heavy atom. The van der Waals surface area contributed by atoms with Crippen LogP contribution in [0.15, 0.2) is 49.3 Å². The summed E-state index contributed by atoms with van der Waals surface area (Å²) in [7, 11) is 0. The lowest BCUT2D eigenvalue weighted by Crippen LogP contribution is -1.87. The van der Waals surface area contributed by atoms with E-state index in [4.69, 9.17) is 0 Å². The molecule has 0 aliphatic heterocycles. The lowest BCUT2D eigenvalue weighted by atomic mass is 10.2. The van der Waals surface area contributed by atoms with Crippen molar-refractivity contribution >= 4 is 10.8 Å². The summed E-state index contributed by atoms with van der Waals surface area (Å²) in [6.45, 7) is 4.59. The van der Waals surface area contributed by atoms with Gasteiger partial charge in [-0.15, -0.1) is 6.58 Å². The average Bonchev–Trinajstić information content (AvgIpc) is 2.47. The Hall–Kier alpha value is -1.50. The molecule has 0 amide bonds. The minimum atomic E-state index is 0.884. The molecule has 1 aromatic heterocycles. The van der Waals surface area contributed by atoms with E-state index in [0.29, 0.717) is 0 Å². The monoisotopic (exact) mass is 157 g/mol. The quantitative estimate of drug-likeness (QED) is 0.591. The summed E-state index contributed by atoms with van der Waals surface area (Å²) < 4.78 is 2.14. The highest BCUT2D eigenvalue weighted by Crippen LogP contribution is 2.13. The van der Waals surface area contributed by atoms with Crippen LogP contribution in [-0.4, -0.2) is 4.57 Å². The van der Waals surface area contributed by atoms with Gasteiger partial charge in [0.25, 0.3) is 0 Å². The molecule has 12 heavy (non-hydrogen) atoms. The van der Waals surface area contributed by atoms with Gasteiger partial charge in [-0.1, -0.05) is 30.3 Å². The van der Waals surface area contributed by atoms with Gasteiger partial charge in [-0.2, -0.15) is 0 Å². The number of benzene rings is 1. The summed E-state index contributed by atoms with van der Waals surface area (Å²) in [6.07, 6.45) is 6.17. The second kappa shape index (κ2) is 2.86. The molecular weight excluding hydrogens is 146 g/mol. The van der Waals surface area contributed by atoms with Crippen molar-refractivity contribution in [2.45, 2.75) is 6.54 Å². The minimum absolute atomic E-state index is 0.884. The van der Waals surface area contributed by atoms with Gasteiger partial charge in [0.1, 0.15) is 0 Å². The van der Waals surface area contributed by atoms with Crippen molar-refractivity contribution in [2.24, 2.45) is 0 Å². The van der Waals surface area contributed by atoms with Gasteiger partial charge in [-0.05, 0) is 10.8 Å². The van der Waals surface area contributed by atoms with Crippen molar-refractivity contribution in [1.29, 1.82) is 0 Å². The van der Waals surface area contributed by atoms with E-state index < -0.39 is 0 Å². The van der Waals surface area contributed by atoms with Crippen LogP contribution in [0.1, 0.15) is 0 Å². The first-order valence-corrected chi connectivity index (χ1v) is 4.05. The zero-order valence-corrected chi connectivity index (χ0v) is 6.90. The van der Waals surface area contributed by atoms with E-state index >= 15 is 0 Å². The van der Waals surface area contributed by atoms with E-state index in [9.17, 15) is 0 Å². The van der Waals surface area contributed by atoms with Crippen LogP contribution in [-0.2, 0) is 6.54 Å². The van der Waals surface area contributed by atoms with E-state index in [1.807, 2.05) is 6.08 Å². The lowest BCUT2D eigenvalue weighted by Gasteiger charge is -1.92. The number of fused-ring (bicyclic) bond motifs is 1. The minimum Gasteiger partial charge on any atom is -0.349 e. The number of hydrogen-bond donors (Lipinski definition) is 0. The Bertz CT molecular complexity index is 365. The second-order valence-corrected chi connectivity index (χ2v) is 2.87. The molecule has 0 N–H and O–H groups in total. The zero-order valence-electron chi connectivity index (χ0n) is 6.90. The summed E-state index contributed by atoms with van der Waals surface area (Å²) in [6, 6.07) is 8.35. The molecule has 0 spiro atoms. The van der Waals surface area contributed by atoms with Gasteiger partial charge in [-0.25, -0.2) is 0 Å². The predicted octanol–water partition coefficient (Wildman–Crippen LogP) is 2.83. The topological polar surface area (TPSA) is 4.93 Å². The third kappa shape index (κ3) is 1.14. The van der Waals surface area contributed by atoms with Crippen LogP contribution in [0, 0.1) is 0 Å². The lowest BCUT2D eigenvalue weighted by molar-refractivity contribution is 0.836. The summed E-state index contributed by atoms with van der Waals surface area (Å²) in [5.41, 5.74) is 0. The van der Waals surface area contributed by atoms with Gasteiger partial charge in [0.15, 0.2) is 0 Å². The first kappa shape index (κ1) is 7.17. The predicted molar refractivity (Wildman–Crippen MR) is 52.1 cm³/mol. The number of nitrogens with zero attached hydrogens (tertiary/aromatic N) is 1. The number of hydrogen-bond acceptors (Lipinski definition) is 0. The second-order valence-electron chi connectivity index (χ2n) is 2.87. The molecule has 60 valence electrons. The SMILES string of the molecule is C=CCn1cc2ccccc2c1. The zero-order chi connectivity index (χ0) is 8.39. The molecule has 0 fully saturated rings. The van der Waals surface area contributed by atoms with Gasteiger partial charge in [0.2, 0.25) is 0 Å². The normalized spacial score (nSPS) is 10.3.